The number of hydrogen-bond acceptors (Lipinski definition) is 7. The van der Waals surface area contributed by atoms with Crippen LogP contribution in [-0.2, 0) is 26.2 Å². The predicted octanol–water partition coefficient (Wildman–Crippen LogP) is 5.90. The first-order valence-electron chi connectivity index (χ1n) is 13.0. The zero-order valence-electron chi connectivity index (χ0n) is 21.9. The molecule has 202 valence electrons. The van der Waals surface area contributed by atoms with Gasteiger partial charge >= 0.3 is 6.18 Å². The Kier molecular flexibility index (Phi) is 6.23. The molecule has 2 aliphatic carbocycles. The molecule has 8 nitrogen and oxygen atoms in total. The van der Waals surface area contributed by atoms with Crippen molar-refractivity contribution < 1.29 is 17.9 Å². The van der Waals surface area contributed by atoms with Gasteiger partial charge in [-0.3, -0.25) is 0 Å². The maximum Gasteiger partial charge on any atom is 0.434 e. The number of fused-ring (bicyclic) bond motifs is 1. The van der Waals surface area contributed by atoms with E-state index in [-0.39, 0.29) is 5.82 Å². The molecule has 39 heavy (non-hydrogen) atoms. The molecule has 3 heterocycles. The Morgan fingerprint density at radius 3 is 2.46 bits per heavy atom. The standard InChI is InChI=1S/C28H28F3N7O/c1-15-4-11-19-22(15)36-25(21-23(17-9-10-17)33-14-34-27(21)39-3)37-24(19)32-12-16-5-7-18(8-6-16)26-35-20(13-38(26)2)28(29,30)31/h5-8,13-15,17H,4,9-12H2,1-3H3,(H,32,36,37). The van der Waals surface area contributed by atoms with Gasteiger partial charge < -0.3 is 14.6 Å². The number of nitrogens with zero attached hydrogens (tertiary/aromatic N) is 6. The van der Waals surface area contributed by atoms with Crippen molar-refractivity contribution in [3.63, 3.8) is 0 Å². The number of anilines is 1. The quantitative estimate of drug-likeness (QED) is 0.315. The zero-order valence-corrected chi connectivity index (χ0v) is 21.9. The van der Waals surface area contributed by atoms with E-state index in [1.54, 1.807) is 26.3 Å². The molecule has 1 aromatic carbocycles. The Morgan fingerprint density at radius 2 is 1.79 bits per heavy atom. The molecule has 0 amide bonds. The van der Waals surface area contributed by atoms with Crippen LogP contribution in [0.4, 0.5) is 19.0 Å². The number of rotatable bonds is 7. The highest BCUT2D eigenvalue weighted by molar-refractivity contribution is 5.69. The summed E-state index contributed by atoms with van der Waals surface area (Å²) >= 11 is 0. The van der Waals surface area contributed by atoms with E-state index in [2.05, 4.69) is 27.2 Å². The fraction of sp³-hybridized carbons (Fsp3) is 0.393. The summed E-state index contributed by atoms with van der Waals surface area (Å²) in [6.07, 6.45) is 2.08. The van der Waals surface area contributed by atoms with E-state index in [0.29, 0.717) is 35.6 Å². The van der Waals surface area contributed by atoms with E-state index in [9.17, 15) is 13.2 Å². The number of benzene rings is 1. The molecule has 6 rings (SSSR count). The molecule has 1 atom stereocenters. The molecule has 11 heteroatoms. The summed E-state index contributed by atoms with van der Waals surface area (Å²) < 4.78 is 46.2. The first-order valence-corrected chi connectivity index (χ1v) is 13.0. The highest BCUT2D eigenvalue weighted by Gasteiger charge is 2.35. The fourth-order valence-electron chi connectivity index (χ4n) is 5.15. The van der Waals surface area contributed by atoms with Gasteiger partial charge in [0.15, 0.2) is 11.5 Å². The van der Waals surface area contributed by atoms with Crippen LogP contribution in [0.25, 0.3) is 22.8 Å². The number of alkyl halides is 3. The summed E-state index contributed by atoms with van der Waals surface area (Å²) in [5.74, 6) is 2.75. The lowest BCUT2D eigenvalue weighted by molar-refractivity contribution is -0.140. The number of nitrogens with one attached hydrogen (secondary N) is 1. The predicted molar refractivity (Wildman–Crippen MR) is 139 cm³/mol. The molecule has 0 aliphatic heterocycles. The number of aromatic nitrogens is 6. The Bertz CT molecular complexity index is 1530. The Hall–Kier alpha value is -4.02. The molecule has 1 N–H and O–H groups in total. The van der Waals surface area contributed by atoms with Crippen molar-refractivity contribution in [3.8, 4) is 28.7 Å². The Labute approximate surface area is 223 Å². The summed E-state index contributed by atoms with van der Waals surface area (Å²) in [5, 5.41) is 3.49. The first kappa shape index (κ1) is 25.3. The van der Waals surface area contributed by atoms with E-state index in [1.165, 1.54) is 10.9 Å². The third-order valence-corrected chi connectivity index (χ3v) is 7.39. The number of aryl methyl sites for hydroxylation is 1. The van der Waals surface area contributed by atoms with Crippen LogP contribution >= 0.6 is 0 Å². The average Bonchev–Trinajstić information content (AvgIpc) is 3.60. The molecule has 2 aliphatic rings. The van der Waals surface area contributed by atoms with Crippen LogP contribution in [0.5, 0.6) is 5.88 Å². The second kappa shape index (κ2) is 9.62. The van der Waals surface area contributed by atoms with Crippen molar-refractivity contribution in [3.05, 3.63) is 65.0 Å². The summed E-state index contributed by atoms with van der Waals surface area (Å²) in [7, 11) is 3.15. The smallest absolute Gasteiger partial charge is 0.434 e. The van der Waals surface area contributed by atoms with Crippen LogP contribution in [0, 0.1) is 0 Å². The van der Waals surface area contributed by atoms with Crippen molar-refractivity contribution >= 4 is 5.82 Å². The average molecular weight is 536 g/mol. The van der Waals surface area contributed by atoms with Gasteiger partial charge in [0, 0.05) is 36.8 Å². The van der Waals surface area contributed by atoms with Gasteiger partial charge in [-0.2, -0.15) is 13.2 Å². The lowest BCUT2D eigenvalue weighted by Crippen LogP contribution is -2.10. The summed E-state index contributed by atoms with van der Waals surface area (Å²) in [6, 6.07) is 7.33. The van der Waals surface area contributed by atoms with Gasteiger partial charge in [0.25, 0.3) is 0 Å². The van der Waals surface area contributed by atoms with Crippen molar-refractivity contribution in [2.45, 2.75) is 57.2 Å². The molecule has 3 aromatic heterocycles. The Morgan fingerprint density at radius 1 is 1.03 bits per heavy atom. The lowest BCUT2D eigenvalue weighted by atomic mass is 10.1. The minimum absolute atomic E-state index is 0.263. The molecule has 0 spiro atoms. The molecule has 0 saturated heterocycles. The van der Waals surface area contributed by atoms with Gasteiger partial charge in [0.05, 0.1) is 18.5 Å². The largest absolute Gasteiger partial charge is 0.480 e. The third kappa shape index (κ3) is 4.81. The first-order chi connectivity index (χ1) is 18.7. The molecule has 1 unspecified atom stereocenters. The molecule has 0 radical (unpaired) electrons. The normalized spacial score (nSPS) is 16.8. The molecule has 1 fully saturated rings. The molecular weight excluding hydrogens is 507 g/mol. The summed E-state index contributed by atoms with van der Waals surface area (Å²) in [6.45, 7) is 2.66. The topological polar surface area (TPSA) is 90.6 Å². The third-order valence-electron chi connectivity index (χ3n) is 7.39. The van der Waals surface area contributed by atoms with Crippen molar-refractivity contribution in [2.75, 3.05) is 12.4 Å². The number of methoxy groups -OCH3 is 1. The molecule has 4 aromatic rings. The van der Waals surface area contributed by atoms with Crippen LogP contribution in [0.2, 0.25) is 0 Å². The monoisotopic (exact) mass is 535 g/mol. The highest BCUT2D eigenvalue weighted by atomic mass is 19.4. The van der Waals surface area contributed by atoms with E-state index in [4.69, 9.17) is 14.7 Å². The Balaban J connectivity index is 1.29. The van der Waals surface area contributed by atoms with Crippen LogP contribution in [-0.4, -0.2) is 36.6 Å². The van der Waals surface area contributed by atoms with E-state index >= 15 is 0 Å². The highest BCUT2D eigenvalue weighted by Crippen LogP contribution is 2.46. The van der Waals surface area contributed by atoms with Gasteiger partial charge in [0.1, 0.15) is 23.5 Å². The van der Waals surface area contributed by atoms with Crippen molar-refractivity contribution in [1.82, 2.24) is 29.5 Å². The van der Waals surface area contributed by atoms with Gasteiger partial charge in [0.2, 0.25) is 5.88 Å². The summed E-state index contributed by atoms with van der Waals surface area (Å²) in [5.41, 5.74) is 4.49. The van der Waals surface area contributed by atoms with E-state index < -0.39 is 11.9 Å². The van der Waals surface area contributed by atoms with E-state index in [0.717, 1.165) is 65.8 Å². The van der Waals surface area contributed by atoms with Crippen LogP contribution in [0.1, 0.15) is 66.2 Å². The maximum atomic E-state index is 13.1. The van der Waals surface area contributed by atoms with E-state index in [1.807, 2.05) is 12.1 Å². The van der Waals surface area contributed by atoms with Gasteiger partial charge in [-0.1, -0.05) is 31.2 Å². The number of ether oxygens (including phenoxy) is 1. The van der Waals surface area contributed by atoms with Crippen LogP contribution in [0.15, 0.2) is 36.8 Å². The SMILES string of the molecule is COc1ncnc(C2CC2)c1-c1nc(NCc2ccc(-c3nc(C(F)(F)F)cn3C)cc2)c2c(n1)C(C)CC2. The van der Waals surface area contributed by atoms with Crippen molar-refractivity contribution in [2.24, 2.45) is 7.05 Å². The van der Waals surface area contributed by atoms with Gasteiger partial charge in [-0.15, -0.1) is 0 Å². The molecule has 1 saturated carbocycles. The number of hydrogen-bond donors (Lipinski definition) is 1. The minimum Gasteiger partial charge on any atom is -0.480 e. The lowest BCUT2D eigenvalue weighted by Gasteiger charge is -2.16. The van der Waals surface area contributed by atoms with Gasteiger partial charge in [-0.25, -0.2) is 24.9 Å². The van der Waals surface area contributed by atoms with Crippen molar-refractivity contribution in [1.29, 1.82) is 0 Å². The molecule has 0 bridgehead atoms. The maximum absolute atomic E-state index is 13.1. The van der Waals surface area contributed by atoms with Crippen LogP contribution in [0.3, 0.4) is 0 Å². The number of imidazole rings is 1. The fourth-order valence-corrected chi connectivity index (χ4v) is 5.15. The number of halogens is 3. The zero-order chi connectivity index (χ0) is 27.3. The second-order valence-electron chi connectivity index (χ2n) is 10.2. The summed E-state index contributed by atoms with van der Waals surface area (Å²) in [4.78, 5) is 22.6. The minimum atomic E-state index is -4.48. The van der Waals surface area contributed by atoms with Crippen LogP contribution < -0.4 is 10.1 Å². The van der Waals surface area contributed by atoms with Gasteiger partial charge in [-0.05, 0) is 37.2 Å². The molecular formula is C28H28F3N7O. The second-order valence-corrected chi connectivity index (χ2v) is 10.2.